The Hall–Kier alpha value is -1.54. The number of aryl methyl sites for hydroxylation is 1. The summed E-state index contributed by atoms with van der Waals surface area (Å²) in [6.07, 6.45) is 2.02. The van der Waals surface area contributed by atoms with Crippen molar-refractivity contribution in [3.8, 4) is 6.07 Å². The topological polar surface area (TPSA) is 57.0 Å². The van der Waals surface area contributed by atoms with Crippen molar-refractivity contribution in [2.45, 2.75) is 18.6 Å². The number of carbonyl (C=O) groups is 1. The fourth-order valence-electron chi connectivity index (χ4n) is 1.78. The first-order chi connectivity index (χ1) is 7.63. The average Bonchev–Trinajstić information content (AvgIpc) is 2.57. The number of nitriles is 1. The van der Waals surface area contributed by atoms with Gasteiger partial charge in [-0.25, -0.2) is 4.98 Å². The summed E-state index contributed by atoms with van der Waals surface area (Å²) in [5.41, 5.74) is 1.31. The predicted octanol–water partition coefficient (Wildman–Crippen LogP) is 1.30. The van der Waals surface area contributed by atoms with E-state index in [2.05, 4.69) is 23.7 Å². The lowest BCUT2D eigenvalue weighted by Crippen LogP contribution is -2.26. The fraction of sp³-hybridized carbons (Fsp3) is 0.364. The van der Waals surface area contributed by atoms with Crippen LogP contribution >= 0.6 is 12.6 Å². The number of hydrogen-bond donors (Lipinski definition) is 1. The minimum atomic E-state index is -0.0189. The van der Waals surface area contributed by atoms with Gasteiger partial charge in [-0.2, -0.15) is 17.9 Å². The summed E-state index contributed by atoms with van der Waals surface area (Å²) in [4.78, 5) is 17.4. The van der Waals surface area contributed by atoms with Crippen LogP contribution in [0.3, 0.4) is 0 Å². The lowest BCUT2D eigenvalue weighted by atomic mass is 10.1. The molecule has 1 saturated heterocycles. The highest BCUT2D eigenvalue weighted by molar-refractivity contribution is 7.81. The van der Waals surface area contributed by atoms with Crippen LogP contribution in [0.1, 0.15) is 17.5 Å². The van der Waals surface area contributed by atoms with Gasteiger partial charge < -0.3 is 0 Å². The summed E-state index contributed by atoms with van der Waals surface area (Å²) < 4.78 is 0. The highest BCUT2D eigenvalue weighted by Crippen LogP contribution is 2.26. The highest BCUT2D eigenvalue weighted by atomic mass is 32.1. The molecule has 1 fully saturated rings. The zero-order valence-electron chi connectivity index (χ0n) is 8.84. The number of aromatic nitrogens is 1. The maximum Gasteiger partial charge on any atom is 0.229 e. The molecule has 0 radical (unpaired) electrons. The molecule has 1 aromatic rings. The summed E-state index contributed by atoms with van der Waals surface area (Å²) >= 11 is 4.28. The van der Waals surface area contributed by atoms with Crippen LogP contribution in [0.15, 0.2) is 12.3 Å². The van der Waals surface area contributed by atoms with Gasteiger partial charge in [0.25, 0.3) is 0 Å². The third-order valence-corrected chi connectivity index (χ3v) is 2.96. The molecule has 0 N–H and O–H groups in total. The van der Waals surface area contributed by atoms with E-state index in [0.717, 1.165) is 5.56 Å². The fourth-order valence-corrected chi connectivity index (χ4v) is 2.10. The van der Waals surface area contributed by atoms with Gasteiger partial charge in [0.1, 0.15) is 6.07 Å². The summed E-state index contributed by atoms with van der Waals surface area (Å²) in [5.74, 6) is 0.443. The van der Waals surface area contributed by atoms with Crippen molar-refractivity contribution in [1.82, 2.24) is 4.98 Å². The SMILES string of the molecule is Cc1ccnc(N2CC(S)CC2=O)c1C#N. The van der Waals surface area contributed by atoms with Gasteiger partial charge in [-0.1, -0.05) is 0 Å². The number of carbonyl (C=O) groups excluding carboxylic acids is 1. The molecule has 5 heteroatoms. The first-order valence-electron chi connectivity index (χ1n) is 4.97. The molecule has 2 rings (SSSR count). The Morgan fingerprint density at radius 3 is 3.00 bits per heavy atom. The first kappa shape index (κ1) is 11.0. The molecule has 0 aliphatic carbocycles. The average molecular weight is 233 g/mol. The molecule has 1 atom stereocenters. The zero-order valence-corrected chi connectivity index (χ0v) is 9.74. The normalized spacial score (nSPS) is 19.9. The Morgan fingerprint density at radius 2 is 2.44 bits per heavy atom. The summed E-state index contributed by atoms with van der Waals surface area (Å²) in [7, 11) is 0. The number of rotatable bonds is 1. The number of thiol groups is 1. The molecule has 0 aromatic carbocycles. The van der Waals surface area contributed by atoms with E-state index >= 15 is 0 Å². The van der Waals surface area contributed by atoms with Gasteiger partial charge in [0.2, 0.25) is 5.91 Å². The lowest BCUT2D eigenvalue weighted by molar-refractivity contribution is -0.117. The van der Waals surface area contributed by atoms with Crippen molar-refractivity contribution in [2.75, 3.05) is 11.4 Å². The molecule has 1 aromatic heterocycles. The van der Waals surface area contributed by atoms with E-state index in [-0.39, 0.29) is 11.2 Å². The van der Waals surface area contributed by atoms with E-state index in [1.54, 1.807) is 17.2 Å². The summed E-state index contributed by atoms with van der Waals surface area (Å²) in [6.45, 7) is 2.36. The highest BCUT2D eigenvalue weighted by Gasteiger charge is 2.30. The number of anilines is 1. The molecule has 2 heterocycles. The van der Waals surface area contributed by atoms with E-state index in [1.165, 1.54) is 0 Å². The van der Waals surface area contributed by atoms with E-state index in [4.69, 9.17) is 5.26 Å². The van der Waals surface area contributed by atoms with Gasteiger partial charge in [-0.15, -0.1) is 0 Å². The molecule has 16 heavy (non-hydrogen) atoms. The van der Waals surface area contributed by atoms with Crippen LogP contribution in [0.25, 0.3) is 0 Å². The van der Waals surface area contributed by atoms with Crippen molar-refractivity contribution in [3.05, 3.63) is 23.4 Å². The van der Waals surface area contributed by atoms with Gasteiger partial charge in [-0.3, -0.25) is 9.69 Å². The lowest BCUT2D eigenvalue weighted by Gasteiger charge is -2.16. The van der Waals surface area contributed by atoms with E-state index < -0.39 is 0 Å². The standard InChI is InChI=1S/C11H11N3OS/c1-7-2-3-13-11(9(7)5-12)14-6-8(16)4-10(14)15/h2-3,8,16H,4,6H2,1H3. The van der Waals surface area contributed by atoms with Crippen LogP contribution in [-0.2, 0) is 4.79 Å². The molecular weight excluding hydrogens is 222 g/mol. The number of amides is 1. The first-order valence-corrected chi connectivity index (χ1v) is 5.49. The number of hydrogen-bond acceptors (Lipinski definition) is 4. The van der Waals surface area contributed by atoms with Crippen molar-refractivity contribution >= 4 is 24.4 Å². The molecule has 1 amide bonds. The summed E-state index contributed by atoms with van der Waals surface area (Å²) in [5, 5.41) is 9.09. The Morgan fingerprint density at radius 1 is 1.69 bits per heavy atom. The van der Waals surface area contributed by atoms with E-state index in [9.17, 15) is 4.79 Å². The van der Waals surface area contributed by atoms with Crippen LogP contribution in [0.5, 0.6) is 0 Å². The second-order valence-corrected chi connectivity index (χ2v) is 4.53. The van der Waals surface area contributed by atoms with Crippen molar-refractivity contribution in [1.29, 1.82) is 5.26 Å². The quantitative estimate of drug-likeness (QED) is 0.744. The molecule has 82 valence electrons. The molecule has 4 nitrogen and oxygen atoms in total. The Bertz CT molecular complexity index is 481. The second-order valence-electron chi connectivity index (χ2n) is 3.80. The van der Waals surface area contributed by atoms with Crippen LogP contribution in [0.4, 0.5) is 5.82 Å². The van der Waals surface area contributed by atoms with Gasteiger partial charge in [-0.05, 0) is 18.6 Å². The molecule has 0 spiro atoms. The Balaban J connectivity index is 2.45. The smallest absolute Gasteiger partial charge is 0.229 e. The molecule has 1 aliphatic rings. The van der Waals surface area contributed by atoms with E-state index in [0.29, 0.717) is 24.3 Å². The zero-order chi connectivity index (χ0) is 11.7. The second kappa shape index (κ2) is 4.14. The van der Waals surface area contributed by atoms with Gasteiger partial charge in [0.15, 0.2) is 5.82 Å². The van der Waals surface area contributed by atoms with Crippen LogP contribution in [-0.4, -0.2) is 22.7 Å². The van der Waals surface area contributed by atoms with E-state index in [1.807, 2.05) is 6.92 Å². The van der Waals surface area contributed by atoms with Crippen molar-refractivity contribution in [3.63, 3.8) is 0 Å². The third kappa shape index (κ3) is 1.76. The largest absolute Gasteiger partial charge is 0.295 e. The maximum absolute atomic E-state index is 11.7. The minimum Gasteiger partial charge on any atom is -0.295 e. The van der Waals surface area contributed by atoms with Crippen molar-refractivity contribution in [2.24, 2.45) is 0 Å². The predicted molar refractivity (Wildman–Crippen MR) is 63.4 cm³/mol. The molecular formula is C11H11N3OS. The summed E-state index contributed by atoms with van der Waals surface area (Å²) in [6, 6.07) is 3.86. The van der Waals surface area contributed by atoms with Crippen molar-refractivity contribution < 1.29 is 4.79 Å². The Kier molecular flexibility index (Phi) is 2.84. The van der Waals surface area contributed by atoms with Crippen LogP contribution < -0.4 is 4.90 Å². The van der Waals surface area contributed by atoms with Crippen LogP contribution in [0, 0.1) is 18.3 Å². The monoisotopic (exact) mass is 233 g/mol. The van der Waals surface area contributed by atoms with Gasteiger partial charge in [0.05, 0.1) is 5.56 Å². The van der Waals surface area contributed by atoms with Gasteiger partial charge in [0, 0.05) is 24.4 Å². The molecule has 0 bridgehead atoms. The molecule has 0 saturated carbocycles. The maximum atomic E-state index is 11.7. The third-order valence-electron chi connectivity index (χ3n) is 2.61. The van der Waals surface area contributed by atoms with Gasteiger partial charge >= 0.3 is 0 Å². The number of nitrogens with zero attached hydrogens (tertiary/aromatic N) is 3. The number of pyridine rings is 1. The molecule has 1 aliphatic heterocycles. The van der Waals surface area contributed by atoms with Crippen LogP contribution in [0.2, 0.25) is 0 Å². The minimum absolute atomic E-state index is 0.0189. The Labute approximate surface area is 99.3 Å². The molecule has 1 unspecified atom stereocenters.